The normalized spacial score (nSPS) is 36.8. The van der Waals surface area contributed by atoms with E-state index in [1.807, 2.05) is 52.0 Å². The second-order valence-corrected chi connectivity index (χ2v) is 33.9. The number of methoxy groups -OCH3 is 3. The number of allylic oxidation sites excluding steroid dienone is 5. The van der Waals surface area contributed by atoms with Crippen LogP contribution in [0.2, 0.25) is 36.3 Å². The fourth-order valence-corrected chi connectivity index (χ4v) is 19.0. The molecule has 0 spiro atoms. The zero-order valence-electron chi connectivity index (χ0n) is 51.9. The molecule has 1 amide bonds. The molecule has 16 atom stereocenters. The number of hydrogen-bond donors (Lipinski definition) is 2. The average Bonchev–Trinajstić information content (AvgIpc) is 3.47. The number of piperidine rings is 1. The Labute approximate surface area is 479 Å². The van der Waals surface area contributed by atoms with E-state index in [0.717, 1.165) is 73.1 Å². The molecule has 0 aromatic heterocycles. The monoisotopic (exact) mass is 1140 g/mol. The number of Topliss-reactive ketones (excluding diaryl/α,β-unsaturated/α-hetero) is 2. The largest absolute Gasteiger partial charge is 0.460 e. The third-order valence-corrected chi connectivity index (χ3v) is 28.6. The lowest BCUT2D eigenvalue weighted by Crippen LogP contribution is -2.61. The van der Waals surface area contributed by atoms with Gasteiger partial charge < -0.3 is 47.6 Å². The summed E-state index contributed by atoms with van der Waals surface area (Å²) in [5, 5.41) is 24.4. The second kappa shape index (κ2) is 32.4. The lowest BCUT2D eigenvalue weighted by molar-refractivity contribution is -0.265. The van der Waals surface area contributed by atoms with Gasteiger partial charge in [-0.1, -0.05) is 113 Å². The number of aliphatic hydroxyl groups is 2. The molecule has 2 N–H and O–H groups in total. The van der Waals surface area contributed by atoms with Crippen LogP contribution in [0.3, 0.4) is 0 Å². The zero-order valence-corrected chi connectivity index (χ0v) is 53.9. The van der Waals surface area contributed by atoms with Gasteiger partial charge in [-0.25, -0.2) is 4.79 Å². The van der Waals surface area contributed by atoms with Crippen LogP contribution in [0.4, 0.5) is 0 Å². The van der Waals surface area contributed by atoms with E-state index in [1.54, 1.807) is 28.3 Å². The zero-order chi connectivity index (χ0) is 58.8. The van der Waals surface area contributed by atoms with Crippen LogP contribution in [0.5, 0.6) is 0 Å². The van der Waals surface area contributed by atoms with E-state index in [0.29, 0.717) is 51.4 Å². The summed E-state index contributed by atoms with van der Waals surface area (Å²) < 4.78 is 45.5. The average molecular weight is 1140 g/mol. The van der Waals surface area contributed by atoms with Gasteiger partial charge in [-0.05, 0) is 143 Å². The summed E-state index contributed by atoms with van der Waals surface area (Å²) in [5.74, 6) is -6.57. The number of cyclic esters (lactones) is 1. The molecule has 3 aliphatic heterocycles. The standard InChI is InChI=1S/C63H109NO13Si2/c1-17-78(18-2,19-3)76-52-34-32-49(39-56(52)73-16)38-45(10)55-41-54(72-15)44(9)37-47(12)59(77-79(20-4,21-5)22-6)58(66)57(65)46(11)36-42(7)28-24-23-25-29-43(8)53(71-14)40-50-33-31-48(13)63(70,75-50)60(67)61(68)64-35-27-26-30-51(64)62(69)74-55/h23-25,28-29,37,42,44-46,48-56,58-59,66,70H,17-22,26-27,30-36,38-41H2,1-16H3/b25-23+,28-24+,43-29+,47-37+/t42-,44-,45-,46-,48-,49+,50+,51+,52?,53+,54-,55+,56-,58+,59?,63-/m1/s1. The van der Waals surface area contributed by atoms with Crippen molar-refractivity contribution in [1.82, 2.24) is 4.90 Å². The SMILES string of the molecule is CC[Si](CC)(CC)OC1CC[C@@H](C[C@@H](C)[C@@H]2C[C@@H](OC)[C@H](C)/C=C(\C)C(O[Si](CC)(CC)CC)[C@@H](O)C(=O)[C@H](C)C[C@H](C)/C=C/C=C/C=C(\C)[C@@H](OC)C[C@@H]3CC[C@@H](C)[C@@](O)(O3)C(=O)C(=O)N3CCCC[C@H]3C(=O)O2)C[C@H]1OC. The Balaban J connectivity index is 1.80. The van der Waals surface area contributed by atoms with E-state index in [1.165, 1.54) is 4.90 Å². The molecule has 2 bridgehead atoms. The molecule has 14 nitrogen and oxygen atoms in total. The molecule has 2 unspecified atom stereocenters. The molecule has 79 heavy (non-hydrogen) atoms. The lowest BCUT2D eigenvalue weighted by Gasteiger charge is -2.43. The van der Waals surface area contributed by atoms with Crippen molar-refractivity contribution in [2.45, 2.75) is 264 Å². The number of ether oxygens (including phenoxy) is 5. The maximum atomic E-state index is 15.0. The first-order valence-corrected chi connectivity index (χ1v) is 35.9. The van der Waals surface area contributed by atoms with Crippen molar-refractivity contribution < 1.29 is 61.9 Å². The Morgan fingerprint density at radius 1 is 0.722 bits per heavy atom. The van der Waals surface area contributed by atoms with Crippen LogP contribution in [0, 0.1) is 35.5 Å². The smallest absolute Gasteiger partial charge is 0.329 e. The highest BCUT2D eigenvalue weighted by Crippen LogP contribution is 2.40. The molecule has 3 fully saturated rings. The molecule has 1 aliphatic carbocycles. The Hall–Kier alpha value is -2.65. The number of hydrogen-bond acceptors (Lipinski definition) is 13. The number of amides is 1. The lowest BCUT2D eigenvalue weighted by atomic mass is 9.78. The van der Waals surface area contributed by atoms with Crippen LogP contribution in [0.1, 0.15) is 167 Å². The first kappa shape index (κ1) is 68.9. The molecule has 0 radical (unpaired) electrons. The number of esters is 1. The molecule has 0 aromatic carbocycles. The number of carbonyl (C=O) groups is 4. The quantitative estimate of drug-likeness (QED) is 0.0647. The summed E-state index contributed by atoms with van der Waals surface area (Å²) in [6.07, 6.45) is 14.5. The van der Waals surface area contributed by atoms with Gasteiger partial charge in [0, 0.05) is 58.5 Å². The summed E-state index contributed by atoms with van der Waals surface area (Å²) in [7, 11) is 0.775. The highest BCUT2D eigenvalue weighted by atomic mass is 28.4. The third kappa shape index (κ3) is 18.2. The van der Waals surface area contributed by atoms with Gasteiger partial charge in [0.2, 0.25) is 5.79 Å². The highest BCUT2D eigenvalue weighted by molar-refractivity contribution is 6.74. The van der Waals surface area contributed by atoms with E-state index < -0.39 is 94.6 Å². The Morgan fingerprint density at radius 3 is 1.96 bits per heavy atom. The molecule has 2 saturated heterocycles. The number of fused-ring (bicyclic) bond motifs is 3. The van der Waals surface area contributed by atoms with E-state index in [-0.39, 0.29) is 48.2 Å². The fraction of sp³-hybridized carbons (Fsp3) is 0.810. The molecule has 3 heterocycles. The van der Waals surface area contributed by atoms with Crippen molar-refractivity contribution in [3.05, 3.63) is 47.6 Å². The van der Waals surface area contributed by atoms with E-state index in [9.17, 15) is 29.4 Å². The van der Waals surface area contributed by atoms with Crippen molar-refractivity contribution in [3.63, 3.8) is 0 Å². The molecule has 4 rings (SSSR count). The van der Waals surface area contributed by atoms with Gasteiger partial charge in [0.25, 0.3) is 11.7 Å². The molecule has 1 saturated carbocycles. The van der Waals surface area contributed by atoms with Crippen molar-refractivity contribution in [2.24, 2.45) is 35.5 Å². The van der Waals surface area contributed by atoms with Crippen molar-refractivity contribution in [3.8, 4) is 0 Å². The van der Waals surface area contributed by atoms with Crippen molar-refractivity contribution in [2.75, 3.05) is 27.9 Å². The van der Waals surface area contributed by atoms with Crippen molar-refractivity contribution >= 4 is 40.1 Å². The van der Waals surface area contributed by atoms with Gasteiger partial charge in [-0.15, -0.1) is 0 Å². The summed E-state index contributed by atoms with van der Waals surface area (Å²) >= 11 is 0. The molecular formula is C63H109NO13Si2. The van der Waals surface area contributed by atoms with Crippen LogP contribution >= 0.6 is 0 Å². The predicted molar refractivity (Wildman–Crippen MR) is 318 cm³/mol. The summed E-state index contributed by atoms with van der Waals surface area (Å²) in [5.41, 5.74) is 1.65. The van der Waals surface area contributed by atoms with Gasteiger partial charge in [-0.3, -0.25) is 14.4 Å². The topological polar surface area (TPSA) is 177 Å². The molecular weight excluding hydrogens is 1030 g/mol. The number of nitrogens with zero attached hydrogens (tertiary/aromatic N) is 1. The van der Waals surface area contributed by atoms with Crippen LogP contribution in [0.15, 0.2) is 47.6 Å². The maximum Gasteiger partial charge on any atom is 0.329 e. The molecule has 452 valence electrons. The number of ketones is 2. The molecule has 0 aromatic rings. The Morgan fingerprint density at radius 2 is 1.35 bits per heavy atom. The molecule has 4 aliphatic rings. The number of carbonyl (C=O) groups excluding carboxylic acids is 4. The highest BCUT2D eigenvalue weighted by Gasteiger charge is 2.53. The van der Waals surface area contributed by atoms with Crippen LogP contribution < -0.4 is 0 Å². The maximum absolute atomic E-state index is 15.0. The Kier molecular flexibility index (Phi) is 28.3. The van der Waals surface area contributed by atoms with Crippen molar-refractivity contribution in [1.29, 1.82) is 0 Å². The minimum atomic E-state index is -2.40. The summed E-state index contributed by atoms with van der Waals surface area (Å²) in [4.78, 5) is 59.7. The van der Waals surface area contributed by atoms with Gasteiger partial charge >= 0.3 is 5.97 Å². The van der Waals surface area contributed by atoms with Gasteiger partial charge in [0.05, 0.1) is 36.6 Å². The van der Waals surface area contributed by atoms with Gasteiger partial charge in [-0.2, -0.15) is 0 Å². The van der Waals surface area contributed by atoms with Crippen LogP contribution in [-0.4, -0.2) is 144 Å². The minimum Gasteiger partial charge on any atom is -0.460 e. The van der Waals surface area contributed by atoms with E-state index in [2.05, 4.69) is 67.5 Å². The first-order chi connectivity index (χ1) is 37.5. The number of rotatable bonds is 16. The van der Waals surface area contributed by atoms with Crippen LogP contribution in [0.25, 0.3) is 0 Å². The fourth-order valence-electron chi connectivity index (χ4n) is 13.2. The van der Waals surface area contributed by atoms with Crippen LogP contribution in [-0.2, 0) is 51.7 Å². The summed E-state index contributed by atoms with van der Waals surface area (Å²) in [6.45, 7) is 27.0. The van der Waals surface area contributed by atoms with Gasteiger partial charge in [0.15, 0.2) is 22.4 Å². The van der Waals surface area contributed by atoms with E-state index in [4.69, 9.17) is 32.5 Å². The first-order valence-electron chi connectivity index (χ1n) is 30.8. The van der Waals surface area contributed by atoms with Gasteiger partial charge in [0.1, 0.15) is 18.2 Å². The van der Waals surface area contributed by atoms with E-state index >= 15 is 0 Å². The predicted octanol–water partition coefficient (Wildman–Crippen LogP) is 12.0. The minimum absolute atomic E-state index is 0.0292. The second-order valence-electron chi connectivity index (χ2n) is 24.5. The number of aliphatic hydroxyl groups excluding tert-OH is 1. The third-order valence-electron chi connectivity index (χ3n) is 19.3. The Bertz CT molecular complexity index is 2040. The molecule has 16 heteroatoms. The summed E-state index contributed by atoms with van der Waals surface area (Å²) in [6, 6.07) is 4.64.